The van der Waals surface area contributed by atoms with E-state index in [-0.39, 0.29) is 6.10 Å². The van der Waals surface area contributed by atoms with Crippen molar-refractivity contribution in [3.05, 3.63) is 0 Å². The maximum Gasteiger partial charge on any atom is 0.0540 e. The summed E-state index contributed by atoms with van der Waals surface area (Å²) in [5.41, 5.74) is 0. The molecule has 0 aromatic carbocycles. The molecule has 3 heteroatoms. The molecule has 2 N–H and O–H groups in total. The summed E-state index contributed by atoms with van der Waals surface area (Å²) in [5.74, 6) is 1.65. The first-order valence-corrected chi connectivity index (χ1v) is 7.85. The zero-order valence-electron chi connectivity index (χ0n) is 12.1. The molecule has 0 aromatic heterocycles. The molecule has 0 aromatic rings. The van der Waals surface area contributed by atoms with Crippen molar-refractivity contribution in [1.82, 2.24) is 10.2 Å². The lowest BCUT2D eigenvalue weighted by Crippen LogP contribution is -2.50. The molecule has 3 unspecified atom stereocenters. The van der Waals surface area contributed by atoms with Crippen LogP contribution in [0.4, 0.5) is 0 Å². The van der Waals surface area contributed by atoms with E-state index in [1.807, 2.05) is 0 Å². The molecule has 2 rings (SSSR count). The molecule has 18 heavy (non-hydrogen) atoms. The van der Waals surface area contributed by atoms with E-state index in [1.165, 1.54) is 38.9 Å². The van der Waals surface area contributed by atoms with Crippen LogP contribution in [0.15, 0.2) is 0 Å². The van der Waals surface area contributed by atoms with Gasteiger partial charge in [-0.1, -0.05) is 13.8 Å². The van der Waals surface area contributed by atoms with Crippen LogP contribution in [0, 0.1) is 11.8 Å². The van der Waals surface area contributed by atoms with Gasteiger partial charge in [0.05, 0.1) is 6.10 Å². The topological polar surface area (TPSA) is 35.5 Å². The first-order chi connectivity index (χ1) is 8.71. The van der Waals surface area contributed by atoms with E-state index in [1.54, 1.807) is 0 Å². The van der Waals surface area contributed by atoms with Gasteiger partial charge in [0.25, 0.3) is 0 Å². The van der Waals surface area contributed by atoms with Gasteiger partial charge < -0.3 is 15.3 Å². The maximum absolute atomic E-state index is 9.87. The minimum atomic E-state index is -0.0989. The summed E-state index contributed by atoms with van der Waals surface area (Å²) >= 11 is 0. The largest absolute Gasteiger partial charge is 0.393 e. The number of nitrogens with zero attached hydrogens (tertiary/aromatic N) is 1. The summed E-state index contributed by atoms with van der Waals surface area (Å²) in [5, 5.41) is 13.5. The summed E-state index contributed by atoms with van der Waals surface area (Å²) in [6.07, 6.45) is 5.89. The monoisotopic (exact) mass is 254 g/mol. The van der Waals surface area contributed by atoms with Gasteiger partial charge >= 0.3 is 0 Å². The van der Waals surface area contributed by atoms with Crippen LogP contribution in [0.1, 0.15) is 46.0 Å². The second-order valence-corrected chi connectivity index (χ2v) is 6.32. The van der Waals surface area contributed by atoms with Gasteiger partial charge in [0.1, 0.15) is 0 Å². The number of piperidine rings is 1. The number of nitrogens with one attached hydrogen (secondary N) is 1. The molecule has 1 saturated carbocycles. The van der Waals surface area contributed by atoms with Gasteiger partial charge in [-0.05, 0) is 50.5 Å². The van der Waals surface area contributed by atoms with E-state index >= 15 is 0 Å². The van der Waals surface area contributed by atoms with Crippen LogP contribution >= 0.6 is 0 Å². The van der Waals surface area contributed by atoms with Crippen LogP contribution in [0.5, 0.6) is 0 Å². The number of likely N-dealkylation sites (tertiary alicyclic amines) is 1. The van der Waals surface area contributed by atoms with Gasteiger partial charge in [-0.3, -0.25) is 0 Å². The molecule has 2 aliphatic rings. The Morgan fingerprint density at radius 2 is 2.00 bits per heavy atom. The van der Waals surface area contributed by atoms with Crippen LogP contribution in [0.3, 0.4) is 0 Å². The molecule has 1 aliphatic heterocycles. The van der Waals surface area contributed by atoms with Crippen LogP contribution in [0.2, 0.25) is 0 Å². The Morgan fingerprint density at radius 1 is 1.22 bits per heavy atom. The average Bonchev–Trinajstić information content (AvgIpc) is 3.13. The smallest absolute Gasteiger partial charge is 0.0540 e. The Kier molecular flexibility index (Phi) is 5.46. The zero-order chi connectivity index (χ0) is 13.0. The molecule has 1 aliphatic carbocycles. The van der Waals surface area contributed by atoms with Crippen molar-refractivity contribution in [2.45, 2.75) is 58.1 Å². The average molecular weight is 254 g/mol. The maximum atomic E-state index is 9.87. The van der Waals surface area contributed by atoms with E-state index in [9.17, 15) is 5.11 Å². The van der Waals surface area contributed by atoms with E-state index < -0.39 is 0 Å². The molecule has 1 heterocycles. The normalized spacial score (nSPS) is 31.5. The minimum Gasteiger partial charge on any atom is -0.393 e. The number of rotatable bonds is 7. The fraction of sp³-hybridized carbons (Fsp3) is 1.00. The predicted molar refractivity (Wildman–Crippen MR) is 75.7 cm³/mol. The standard InChI is InChI=1S/C15H30N2O/c1-3-15(18)8-13-7-14(16-4-2)11-17(10-13)9-12-5-6-12/h12-16,18H,3-11H2,1-2H3. The molecular weight excluding hydrogens is 224 g/mol. The van der Waals surface area contributed by atoms with Crippen molar-refractivity contribution in [2.24, 2.45) is 11.8 Å². The number of hydrogen-bond acceptors (Lipinski definition) is 3. The number of aliphatic hydroxyl groups is 1. The van der Waals surface area contributed by atoms with Crippen LogP contribution < -0.4 is 5.32 Å². The number of hydrogen-bond donors (Lipinski definition) is 2. The van der Waals surface area contributed by atoms with E-state index in [4.69, 9.17) is 0 Å². The molecule has 0 bridgehead atoms. The SMILES string of the molecule is CCNC1CC(CC(O)CC)CN(CC2CC2)C1. The molecule has 2 fully saturated rings. The molecule has 0 spiro atoms. The Hall–Kier alpha value is -0.120. The minimum absolute atomic E-state index is 0.0989. The summed E-state index contributed by atoms with van der Waals surface area (Å²) in [7, 11) is 0. The van der Waals surface area contributed by atoms with Crippen LogP contribution in [0.25, 0.3) is 0 Å². The highest BCUT2D eigenvalue weighted by Gasteiger charge is 2.31. The van der Waals surface area contributed by atoms with Crippen molar-refractivity contribution in [3.8, 4) is 0 Å². The van der Waals surface area contributed by atoms with E-state index in [0.29, 0.717) is 12.0 Å². The fourth-order valence-corrected chi connectivity index (χ4v) is 3.28. The van der Waals surface area contributed by atoms with Crippen molar-refractivity contribution in [2.75, 3.05) is 26.2 Å². The first-order valence-electron chi connectivity index (χ1n) is 7.85. The lowest BCUT2D eigenvalue weighted by atomic mass is 9.88. The van der Waals surface area contributed by atoms with Gasteiger partial charge in [0, 0.05) is 25.7 Å². The lowest BCUT2D eigenvalue weighted by Gasteiger charge is -2.39. The molecule has 1 saturated heterocycles. The highest BCUT2D eigenvalue weighted by molar-refractivity contribution is 4.87. The summed E-state index contributed by atoms with van der Waals surface area (Å²) in [6.45, 7) is 9.04. The van der Waals surface area contributed by atoms with Crippen molar-refractivity contribution >= 4 is 0 Å². The third kappa shape index (κ3) is 4.52. The van der Waals surface area contributed by atoms with Gasteiger partial charge in [-0.2, -0.15) is 0 Å². The zero-order valence-corrected chi connectivity index (χ0v) is 12.1. The molecule has 106 valence electrons. The summed E-state index contributed by atoms with van der Waals surface area (Å²) in [6, 6.07) is 0.636. The van der Waals surface area contributed by atoms with Crippen LogP contribution in [-0.2, 0) is 0 Å². The highest BCUT2D eigenvalue weighted by Crippen LogP contribution is 2.32. The summed E-state index contributed by atoms with van der Waals surface area (Å²) < 4.78 is 0. The van der Waals surface area contributed by atoms with E-state index in [0.717, 1.165) is 25.3 Å². The number of likely N-dealkylation sites (N-methyl/N-ethyl adjacent to an activating group) is 1. The molecule has 0 amide bonds. The quantitative estimate of drug-likeness (QED) is 0.728. The third-order valence-corrected chi connectivity index (χ3v) is 4.40. The van der Waals surface area contributed by atoms with Gasteiger partial charge in [-0.15, -0.1) is 0 Å². The second-order valence-electron chi connectivity index (χ2n) is 6.32. The van der Waals surface area contributed by atoms with E-state index in [2.05, 4.69) is 24.1 Å². The first kappa shape index (κ1) is 14.3. The van der Waals surface area contributed by atoms with Crippen molar-refractivity contribution in [3.63, 3.8) is 0 Å². The third-order valence-electron chi connectivity index (χ3n) is 4.40. The van der Waals surface area contributed by atoms with Crippen LogP contribution in [-0.4, -0.2) is 48.3 Å². The molecule has 0 radical (unpaired) electrons. The van der Waals surface area contributed by atoms with Crippen molar-refractivity contribution < 1.29 is 5.11 Å². The van der Waals surface area contributed by atoms with Crippen molar-refractivity contribution in [1.29, 1.82) is 0 Å². The Labute approximate surface area is 112 Å². The number of aliphatic hydroxyl groups excluding tert-OH is 1. The lowest BCUT2D eigenvalue weighted by molar-refractivity contribution is 0.0821. The molecular formula is C15H30N2O. The Balaban J connectivity index is 1.83. The highest BCUT2D eigenvalue weighted by atomic mass is 16.3. The fourth-order valence-electron chi connectivity index (χ4n) is 3.28. The predicted octanol–water partition coefficient (Wildman–Crippen LogP) is 1.86. The second kappa shape index (κ2) is 6.88. The van der Waals surface area contributed by atoms with Gasteiger partial charge in [0.2, 0.25) is 0 Å². The molecule has 3 atom stereocenters. The Bertz CT molecular complexity index is 243. The Morgan fingerprint density at radius 3 is 2.61 bits per heavy atom. The molecule has 3 nitrogen and oxygen atoms in total. The summed E-state index contributed by atoms with van der Waals surface area (Å²) in [4.78, 5) is 2.64. The van der Waals surface area contributed by atoms with Gasteiger partial charge in [0.15, 0.2) is 0 Å². The van der Waals surface area contributed by atoms with Gasteiger partial charge in [-0.25, -0.2) is 0 Å².